The number of hydrogen-bond acceptors (Lipinski definition) is 5. The van der Waals surface area contributed by atoms with E-state index in [2.05, 4.69) is 5.32 Å². The Kier molecular flexibility index (Phi) is 7.97. The van der Waals surface area contributed by atoms with E-state index in [1.807, 2.05) is 32.0 Å². The molecule has 7 nitrogen and oxygen atoms in total. The number of amides is 1. The predicted molar refractivity (Wildman–Crippen MR) is 119 cm³/mol. The van der Waals surface area contributed by atoms with E-state index in [1.54, 1.807) is 12.1 Å². The van der Waals surface area contributed by atoms with Crippen molar-refractivity contribution in [3.05, 3.63) is 52.5 Å². The normalized spacial score (nSPS) is 12.2. The summed E-state index contributed by atoms with van der Waals surface area (Å²) in [6, 6.07) is 9.41. The molecular weight excluding hydrogens is 428 g/mol. The number of ether oxygens (including phenoxy) is 2. The lowest BCUT2D eigenvalue weighted by Gasteiger charge is -2.29. The van der Waals surface area contributed by atoms with Gasteiger partial charge in [0.05, 0.1) is 25.6 Å². The Morgan fingerprint density at radius 3 is 2.43 bits per heavy atom. The van der Waals surface area contributed by atoms with Crippen LogP contribution in [0, 0.1) is 13.8 Å². The molecule has 0 bridgehead atoms. The molecule has 0 aliphatic heterocycles. The first-order chi connectivity index (χ1) is 14.0. The summed E-state index contributed by atoms with van der Waals surface area (Å²) in [5, 5.41) is 3.04. The largest absolute Gasteiger partial charge is 0.495 e. The van der Waals surface area contributed by atoms with E-state index in [9.17, 15) is 13.2 Å². The summed E-state index contributed by atoms with van der Waals surface area (Å²) in [5.74, 6) is 0.568. The molecule has 1 N–H and O–H groups in total. The molecule has 0 fully saturated rings. The van der Waals surface area contributed by atoms with Gasteiger partial charge < -0.3 is 14.8 Å². The summed E-state index contributed by atoms with van der Waals surface area (Å²) in [5.41, 5.74) is 2.34. The zero-order chi connectivity index (χ0) is 22.5. The average molecular weight is 455 g/mol. The van der Waals surface area contributed by atoms with Crippen LogP contribution in [0.1, 0.15) is 18.1 Å². The van der Waals surface area contributed by atoms with Crippen LogP contribution in [0.25, 0.3) is 0 Å². The molecule has 2 rings (SSSR count). The van der Waals surface area contributed by atoms with Crippen molar-refractivity contribution in [2.24, 2.45) is 0 Å². The Balaban J connectivity index is 2.08. The van der Waals surface area contributed by atoms with Gasteiger partial charge in [0.25, 0.3) is 0 Å². The first kappa shape index (κ1) is 23.8. The van der Waals surface area contributed by atoms with Crippen molar-refractivity contribution in [1.82, 2.24) is 5.32 Å². The van der Waals surface area contributed by atoms with Crippen LogP contribution in [0.4, 0.5) is 5.69 Å². The summed E-state index contributed by atoms with van der Waals surface area (Å²) in [6.45, 7) is 5.93. The summed E-state index contributed by atoms with van der Waals surface area (Å²) in [4.78, 5) is 12.7. The van der Waals surface area contributed by atoms with Crippen molar-refractivity contribution in [3.63, 3.8) is 0 Å². The molecule has 1 atom stereocenters. The molecule has 2 aromatic rings. The van der Waals surface area contributed by atoms with Crippen molar-refractivity contribution < 1.29 is 22.7 Å². The number of nitrogens with one attached hydrogen (secondary N) is 1. The minimum Gasteiger partial charge on any atom is -0.495 e. The Morgan fingerprint density at radius 1 is 1.17 bits per heavy atom. The first-order valence-electron chi connectivity index (χ1n) is 9.35. The highest BCUT2D eigenvalue weighted by molar-refractivity contribution is 7.92. The zero-order valence-corrected chi connectivity index (χ0v) is 19.3. The lowest BCUT2D eigenvalue weighted by atomic mass is 10.1. The lowest BCUT2D eigenvalue weighted by Crippen LogP contribution is -2.48. The third-order valence-corrected chi connectivity index (χ3v) is 5.92. The molecule has 30 heavy (non-hydrogen) atoms. The number of halogens is 1. The van der Waals surface area contributed by atoms with E-state index in [4.69, 9.17) is 21.1 Å². The number of carbonyl (C=O) groups excluding carboxylic acids is 1. The summed E-state index contributed by atoms with van der Waals surface area (Å²) < 4.78 is 36.9. The highest BCUT2D eigenvalue weighted by atomic mass is 35.5. The van der Waals surface area contributed by atoms with Crippen LogP contribution in [0.2, 0.25) is 5.02 Å². The molecule has 0 saturated heterocycles. The van der Waals surface area contributed by atoms with Gasteiger partial charge in [-0.2, -0.15) is 0 Å². The van der Waals surface area contributed by atoms with Gasteiger partial charge in [0, 0.05) is 5.02 Å². The van der Waals surface area contributed by atoms with Gasteiger partial charge in [-0.1, -0.05) is 29.3 Å². The monoisotopic (exact) mass is 454 g/mol. The summed E-state index contributed by atoms with van der Waals surface area (Å²) in [6.07, 6.45) is 1.03. The maximum absolute atomic E-state index is 12.7. The van der Waals surface area contributed by atoms with Crippen LogP contribution >= 0.6 is 11.6 Å². The van der Waals surface area contributed by atoms with Crippen LogP contribution < -0.4 is 19.1 Å². The Bertz CT molecular complexity index is 1010. The predicted octanol–water partition coefficient (Wildman–Crippen LogP) is 3.32. The van der Waals surface area contributed by atoms with Crippen LogP contribution in [0.5, 0.6) is 11.5 Å². The van der Waals surface area contributed by atoms with Crippen LogP contribution in [0.15, 0.2) is 36.4 Å². The van der Waals surface area contributed by atoms with Crippen molar-refractivity contribution in [2.45, 2.75) is 26.8 Å². The van der Waals surface area contributed by atoms with Crippen LogP contribution in [0.3, 0.4) is 0 Å². The van der Waals surface area contributed by atoms with E-state index in [0.29, 0.717) is 10.8 Å². The van der Waals surface area contributed by atoms with Crippen molar-refractivity contribution in [3.8, 4) is 11.5 Å². The second kappa shape index (κ2) is 10.0. The van der Waals surface area contributed by atoms with Gasteiger partial charge in [-0.05, 0) is 50.6 Å². The van der Waals surface area contributed by atoms with Gasteiger partial charge in [0.1, 0.15) is 24.1 Å². The number of carbonyl (C=O) groups is 1. The van der Waals surface area contributed by atoms with E-state index < -0.39 is 22.0 Å². The second-order valence-electron chi connectivity index (χ2n) is 6.96. The molecule has 0 aromatic heterocycles. The SMILES string of the molecule is COc1ccc(Cl)cc1N([C@H](C)C(=O)NCCOc1ccc(C)cc1C)S(C)(=O)=O. The molecule has 1 amide bonds. The highest BCUT2D eigenvalue weighted by Crippen LogP contribution is 2.34. The second-order valence-corrected chi connectivity index (χ2v) is 9.26. The number of hydrogen-bond donors (Lipinski definition) is 1. The molecule has 9 heteroatoms. The number of sulfonamides is 1. The van der Waals surface area contributed by atoms with E-state index in [-0.39, 0.29) is 18.8 Å². The molecular formula is C21H27ClN2O5S. The average Bonchev–Trinajstić information content (AvgIpc) is 2.65. The van der Waals surface area contributed by atoms with Gasteiger partial charge in [0.15, 0.2) is 0 Å². The fraction of sp³-hybridized carbons (Fsp3) is 0.381. The maximum atomic E-state index is 12.7. The van der Waals surface area contributed by atoms with Crippen molar-refractivity contribution >= 4 is 33.2 Å². The van der Waals surface area contributed by atoms with E-state index in [0.717, 1.165) is 27.4 Å². The molecule has 0 aliphatic rings. The molecule has 0 spiro atoms. The highest BCUT2D eigenvalue weighted by Gasteiger charge is 2.31. The third kappa shape index (κ3) is 6.03. The number of anilines is 1. The van der Waals surface area contributed by atoms with Gasteiger partial charge in [-0.3, -0.25) is 9.10 Å². The number of aryl methyl sites for hydroxylation is 2. The minimum absolute atomic E-state index is 0.196. The summed E-state index contributed by atoms with van der Waals surface area (Å²) >= 11 is 6.04. The number of methoxy groups -OCH3 is 1. The number of nitrogens with zero attached hydrogens (tertiary/aromatic N) is 1. The van der Waals surface area contributed by atoms with Gasteiger partial charge >= 0.3 is 0 Å². The van der Waals surface area contributed by atoms with E-state index in [1.165, 1.54) is 20.1 Å². The minimum atomic E-state index is -3.79. The number of rotatable bonds is 9. The molecule has 0 aliphatic carbocycles. The zero-order valence-electron chi connectivity index (χ0n) is 17.7. The molecule has 0 heterocycles. The van der Waals surface area contributed by atoms with Gasteiger partial charge in [0.2, 0.25) is 15.9 Å². The Labute approximate surface area is 183 Å². The molecule has 0 unspecified atom stereocenters. The topological polar surface area (TPSA) is 84.9 Å². The molecule has 164 valence electrons. The first-order valence-corrected chi connectivity index (χ1v) is 11.6. The van der Waals surface area contributed by atoms with Crippen molar-refractivity contribution in [2.75, 3.05) is 30.8 Å². The van der Waals surface area contributed by atoms with Crippen LogP contribution in [-0.4, -0.2) is 46.9 Å². The van der Waals surface area contributed by atoms with Gasteiger partial charge in [-0.25, -0.2) is 8.42 Å². The van der Waals surface area contributed by atoms with Gasteiger partial charge in [-0.15, -0.1) is 0 Å². The lowest BCUT2D eigenvalue weighted by molar-refractivity contribution is -0.121. The van der Waals surface area contributed by atoms with Crippen LogP contribution in [-0.2, 0) is 14.8 Å². The maximum Gasteiger partial charge on any atom is 0.243 e. The van der Waals surface area contributed by atoms with Crippen molar-refractivity contribution in [1.29, 1.82) is 0 Å². The Hall–Kier alpha value is -2.45. The molecule has 2 aromatic carbocycles. The fourth-order valence-electron chi connectivity index (χ4n) is 3.06. The molecule has 0 radical (unpaired) electrons. The summed E-state index contributed by atoms with van der Waals surface area (Å²) in [7, 11) is -2.37. The van der Waals surface area contributed by atoms with E-state index >= 15 is 0 Å². The molecule has 0 saturated carbocycles. The Morgan fingerprint density at radius 2 is 1.83 bits per heavy atom. The quantitative estimate of drug-likeness (QED) is 0.587. The number of benzene rings is 2. The third-order valence-electron chi connectivity index (χ3n) is 4.46. The smallest absolute Gasteiger partial charge is 0.243 e. The fourth-order valence-corrected chi connectivity index (χ4v) is 4.40. The standard InChI is InChI=1S/C21H27ClN2O5S/c1-14-6-8-19(15(2)12-14)29-11-10-23-21(25)16(3)24(30(5,26)27)18-13-17(22)7-9-20(18)28-4/h6-9,12-13,16H,10-11H2,1-5H3,(H,23,25)/t16-/m1/s1.